The number of sulfonamides is 1. The first kappa shape index (κ1) is 8.96. The highest BCUT2D eigenvalue weighted by Gasteiger charge is 2.32. The van der Waals surface area contributed by atoms with Crippen molar-refractivity contribution in [2.24, 2.45) is 5.92 Å². The molecule has 0 N–H and O–H groups in total. The summed E-state index contributed by atoms with van der Waals surface area (Å²) in [5.74, 6) is 0.382. The van der Waals surface area contributed by atoms with Crippen LogP contribution in [0.4, 0.5) is 0 Å². The lowest BCUT2D eigenvalue weighted by Crippen LogP contribution is -2.20. The van der Waals surface area contributed by atoms with E-state index < -0.39 is 10.0 Å². The Kier molecular flexibility index (Phi) is 2.51. The maximum Gasteiger partial charge on any atom is 0.214 e. The van der Waals surface area contributed by atoms with Crippen LogP contribution in [0.3, 0.4) is 0 Å². The second-order valence-electron chi connectivity index (χ2n) is 2.88. The molecule has 1 saturated heterocycles. The first-order valence-corrected chi connectivity index (χ1v) is 5.10. The van der Waals surface area contributed by atoms with Crippen LogP contribution in [0.2, 0.25) is 0 Å². The second-order valence-corrected chi connectivity index (χ2v) is 5.00. The van der Waals surface area contributed by atoms with Gasteiger partial charge in [-0.15, -0.1) is 0 Å². The lowest BCUT2D eigenvalue weighted by atomic mass is 10.2. The van der Waals surface area contributed by atoms with E-state index in [1.165, 1.54) is 4.31 Å². The monoisotopic (exact) mass is 179 g/mol. The molecule has 1 atom stereocenters. The van der Waals surface area contributed by atoms with Crippen LogP contribution in [0.25, 0.3) is 0 Å². The van der Waals surface area contributed by atoms with Gasteiger partial charge in [0.1, 0.15) is 0 Å². The molecule has 4 nitrogen and oxygen atoms in total. The molecule has 66 valence electrons. The fraction of sp³-hybridized carbons (Fsp3) is 1.00. The van der Waals surface area contributed by atoms with E-state index in [4.69, 9.17) is 4.74 Å². The van der Waals surface area contributed by atoms with Crippen molar-refractivity contribution in [3.05, 3.63) is 0 Å². The lowest BCUT2D eigenvalue weighted by Gasteiger charge is -2.05. The fourth-order valence-corrected chi connectivity index (χ4v) is 2.78. The number of rotatable bonds is 2. The number of ether oxygens (including phenoxy) is 1. The molecular formula is C6H13NO3S. The molecule has 1 rings (SSSR count). The number of methoxy groups -OCH3 is 1. The minimum absolute atomic E-state index is 0.148. The summed E-state index contributed by atoms with van der Waals surface area (Å²) in [5, 5.41) is 0. The predicted octanol–water partition coefficient (Wildman–Crippen LogP) is -0.476. The Morgan fingerprint density at radius 3 is 2.64 bits per heavy atom. The summed E-state index contributed by atoms with van der Waals surface area (Å²) in [6.07, 6.45) is 0. The van der Waals surface area contributed by atoms with Gasteiger partial charge in [-0.2, -0.15) is 0 Å². The number of hydrogen-bond donors (Lipinski definition) is 0. The Balaban J connectivity index is 2.58. The molecule has 0 bridgehead atoms. The number of nitrogens with zero attached hydrogens (tertiary/aromatic N) is 1. The molecule has 0 aliphatic carbocycles. The summed E-state index contributed by atoms with van der Waals surface area (Å²) >= 11 is 0. The molecule has 0 aromatic heterocycles. The summed E-state index contributed by atoms with van der Waals surface area (Å²) in [6.45, 7) is 1.12. The van der Waals surface area contributed by atoms with E-state index in [-0.39, 0.29) is 11.7 Å². The average Bonchev–Trinajstić information content (AvgIpc) is 2.08. The first-order valence-electron chi connectivity index (χ1n) is 3.49. The van der Waals surface area contributed by atoms with Crippen LogP contribution in [0.5, 0.6) is 0 Å². The highest BCUT2D eigenvalue weighted by molar-refractivity contribution is 7.89. The van der Waals surface area contributed by atoms with Gasteiger partial charge in [0, 0.05) is 26.6 Å². The van der Waals surface area contributed by atoms with Crippen molar-refractivity contribution < 1.29 is 13.2 Å². The topological polar surface area (TPSA) is 46.6 Å². The van der Waals surface area contributed by atoms with Crippen molar-refractivity contribution in [2.75, 3.05) is 33.1 Å². The van der Waals surface area contributed by atoms with Gasteiger partial charge in [0.25, 0.3) is 0 Å². The molecule has 11 heavy (non-hydrogen) atoms. The van der Waals surface area contributed by atoms with E-state index in [0.29, 0.717) is 13.2 Å². The largest absolute Gasteiger partial charge is 0.384 e. The van der Waals surface area contributed by atoms with Crippen LogP contribution in [0.15, 0.2) is 0 Å². The SMILES string of the molecule is COC[C@H]1CN(C)S(=O)(=O)C1. The highest BCUT2D eigenvalue weighted by Crippen LogP contribution is 2.16. The van der Waals surface area contributed by atoms with Gasteiger partial charge < -0.3 is 4.74 Å². The van der Waals surface area contributed by atoms with Crippen molar-refractivity contribution in [3.63, 3.8) is 0 Å². The van der Waals surface area contributed by atoms with Gasteiger partial charge in [0.05, 0.1) is 12.4 Å². The number of hydrogen-bond acceptors (Lipinski definition) is 3. The van der Waals surface area contributed by atoms with Crippen molar-refractivity contribution >= 4 is 10.0 Å². The van der Waals surface area contributed by atoms with Crippen molar-refractivity contribution in [2.45, 2.75) is 0 Å². The molecule has 1 heterocycles. The highest BCUT2D eigenvalue weighted by atomic mass is 32.2. The van der Waals surface area contributed by atoms with Gasteiger partial charge >= 0.3 is 0 Å². The Morgan fingerprint density at radius 2 is 2.27 bits per heavy atom. The van der Waals surface area contributed by atoms with Crippen LogP contribution < -0.4 is 0 Å². The van der Waals surface area contributed by atoms with E-state index in [2.05, 4.69) is 0 Å². The Labute approximate surface area is 67.2 Å². The third kappa shape index (κ3) is 1.91. The van der Waals surface area contributed by atoms with Crippen LogP contribution >= 0.6 is 0 Å². The van der Waals surface area contributed by atoms with E-state index in [1.54, 1.807) is 14.2 Å². The van der Waals surface area contributed by atoms with E-state index in [9.17, 15) is 8.42 Å². The third-order valence-corrected chi connectivity index (χ3v) is 3.83. The molecule has 1 fully saturated rings. The first-order chi connectivity index (χ1) is 5.06. The molecule has 1 aliphatic rings. The van der Waals surface area contributed by atoms with Crippen molar-refractivity contribution in [3.8, 4) is 0 Å². The summed E-state index contributed by atoms with van der Waals surface area (Å²) < 4.78 is 28.5. The van der Waals surface area contributed by atoms with Crippen LogP contribution in [0, 0.1) is 5.92 Å². The van der Waals surface area contributed by atoms with Gasteiger partial charge in [-0.25, -0.2) is 12.7 Å². The van der Waals surface area contributed by atoms with Crippen molar-refractivity contribution in [1.82, 2.24) is 4.31 Å². The molecule has 0 amide bonds. The average molecular weight is 179 g/mol. The maximum absolute atomic E-state index is 11.1. The Bertz CT molecular complexity index is 224. The van der Waals surface area contributed by atoms with Crippen LogP contribution in [-0.4, -0.2) is 45.8 Å². The van der Waals surface area contributed by atoms with Crippen LogP contribution in [0.1, 0.15) is 0 Å². The molecule has 0 aromatic carbocycles. The molecule has 0 unspecified atom stereocenters. The van der Waals surface area contributed by atoms with Gasteiger partial charge in [-0.1, -0.05) is 0 Å². The molecule has 0 saturated carbocycles. The smallest absolute Gasteiger partial charge is 0.214 e. The van der Waals surface area contributed by atoms with Gasteiger partial charge in [-0.3, -0.25) is 0 Å². The predicted molar refractivity (Wildman–Crippen MR) is 41.8 cm³/mol. The standard InChI is InChI=1S/C6H13NO3S/c1-7-3-6(4-10-2)5-11(7,8)9/h6H,3-5H2,1-2H3/t6-/m1/s1. The third-order valence-electron chi connectivity index (χ3n) is 1.84. The zero-order valence-corrected chi connectivity index (χ0v) is 7.60. The zero-order chi connectivity index (χ0) is 8.48. The van der Waals surface area contributed by atoms with Gasteiger partial charge in [-0.05, 0) is 0 Å². The summed E-state index contributed by atoms with van der Waals surface area (Å²) in [6, 6.07) is 0. The molecule has 0 aromatic rings. The molecule has 5 heteroatoms. The molecule has 0 radical (unpaired) electrons. The van der Waals surface area contributed by atoms with E-state index in [1.807, 2.05) is 0 Å². The van der Waals surface area contributed by atoms with Crippen molar-refractivity contribution in [1.29, 1.82) is 0 Å². The Hall–Kier alpha value is -0.130. The van der Waals surface area contributed by atoms with Gasteiger partial charge in [0.15, 0.2) is 0 Å². The molecule has 1 aliphatic heterocycles. The fourth-order valence-electron chi connectivity index (χ4n) is 1.29. The van der Waals surface area contributed by atoms with Gasteiger partial charge in [0.2, 0.25) is 10.0 Å². The minimum Gasteiger partial charge on any atom is -0.384 e. The van der Waals surface area contributed by atoms with Crippen LogP contribution in [-0.2, 0) is 14.8 Å². The minimum atomic E-state index is -2.94. The quantitative estimate of drug-likeness (QED) is 0.575. The molecule has 0 spiro atoms. The second kappa shape index (κ2) is 3.08. The summed E-state index contributed by atoms with van der Waals surface area (Å²) in [5.41, 5.74) is 0. The Morgan fingerprint density at radius 1 is 1.64 bits per heavy atom. The lowest BCUT2D eigenvalue weighted by molar-refractivity contribution is 0.159. The summed E-state index contributed by atoms with van der Waals surface area (Å²) in [4.78, 5) is 0. The van der Waals surface area contributed by atoms with E-state index >= 15 is 0 Å². The molecular weight excluding hydrogens is 166 g/mol. The normalized spacial score (nSPS) is 30.9. The summed E-state index contributed by atoms with van der Waals surface area (Å²) in [7, 11) is 0.247. The maximum atomic E-state index is 11.1. The zero-order valence-electron chi connectivity index (χ0n) is 6.78. The van der Waals surface area contributed by atoms with E-state index in [0.717, 1.165) is 0 Å².